The van der Waals surface area contributed by atoms with Gasteiger partial charge in [-0.05, 0) is 50.1 Å². The fourth-order valence-corrected chi connectivity index (χ4v) is 5.02. The van der Waals surface area contributed by atoms with Crippen molar-refractivity contribution in [1.82, 2.24) is 14.5 Å². The summed E-state index contributed by atoms with van der Waals surface area (Å²) in [4.78, 5) is 39.1. The van der Waals surface area contributed by atoms with Gasteiger partial charge in [-0.3, -0.25) is 18.7 Å². The molecule has 0 fully saturated rings. The van der Waals surface area contributed by atoms with Gasteiger partial charge in [-0.15, -0.1) is 0 Å². The van der Waals surface area contributed by atoms with Gasteiger partial charge in [0.15, 0.2) is 11.6 Å². The van der Waals surface area contributed by atoms with Gasteiger partial charge in [0, 0.05) is 23.2 Å². The molecule has 3 aromatic carbocycles. The summed E-state index contributed by atoms with van der Waals surface area (Å²) in [7, 11) is 1.32. The molecule has 1 heterocycles. The van der Waals surface area contributed by atoms with E-state index in [1.54, 1.807) is 25.1 Å². The highest BCUT2D eigenvalue weighted by Crippen LogP contribution is 2.29. The molecule has 4 aromatic rings. The maximum atomic E-state index is 15.6. The number of methoxy groups -OCH3 is 1. The van der Waals surface area contributed by atoms with Crippen LogP contribution in [0.5, 0.6) is 5.75 Å². The van der Waals surface area contributed by atoms with E-state index in [-0.39, 0.29) is 47.6 Å². The summed E-state index contributed by atoms with van der Waals surface area (Å²) in [6.45, 7) is 3.26. The van der Waals surface area contributed by atoms with Crippen LogP contribution in [0, 0.1) is 25.5 Å². The second-order valence-corrected chi connectivity index (χ2v) is 10.0. The van der Waals surface area contributed by atoms with Crippen molar-refractivity contribution in [3.05, 3.63) is 122 Å². The monoisotopic (exact) mass is 577 g/mol. The summed E-state index contributed by atoms with van der Waals surface area (Å²) in [5, 5.41) is 12.3. The first-order chi connectivity index (χ1) is 20.1. The van der Waals surface area contributed by atoms with Gasteiger partial charge in [-0.1, -0.05) is 54.6 Å². The predicted octanol–water partition coefficient (Wildman–Crippen LogP) is 4.82. The third-order valence-corrected chi connectivity index (χ3v) is 7.33. The maximum absolute atomic E-state index is 15.6. The number of aromatic nitrogens is 2. The Kier molecular flexibility index (Phi) is 9.69. The van der Waals surface area contributed by atoms with E-state index in [0.29, 0.717) is 18.5 Å². The molecule has 220 valence electrons. The van der Waals surface area contributed by atoms with Crippen molar-refractivity contribution in [2.24, 2.45) is 0 Å². The number of aryl methyl sites for hydroxylation is 1. The van der Waals surface area contributed by atoms with E-state index in [1.165, 1.54) is 36.8 Å². The second kappa shape index (κ2) is 13.4. The van der Waals surface area contributed by atoms with Crippen molar-refractivity contribution < 1.29 is 23.4 Å². The molecule has 8 nitrogen and oxygen atoms in total. The number of aliphatic carboxylic acids is 1. The Morgan fingerprint density at radius 1 is 0.976 bits per heavy atom. The van der Waals surface area contributed by atoms with Crippen molar-refractivity contribution >= 4 is 5.97 Å². The number of halogens is 2. The fourth-order valence-electron chi connectivity index (χ4n) is 5.02. The normalized spacial score (nSPS) is 11.8. The van der Waals surface area contributed by atoms with Gasteiger partial charge < -0.3 is 15.2 Å². The van der Waals surface area contributed by atoms with E-state index in [4.69, 9.17) is 9.84 Å². The summed E-state index contributed by atoms with van der Waals surface area (Å²) in [5.41, 5.74) is 0.367. The van der Waals surface area contributed by atoms with Gasteiger partial charge in [0.05, 0.1) is 31.8 Å². The zero-order valence-electron chi connectivity index (χ0n) is 23.7. The molecule has 10 heteroatoms. The Balaban J connectivity index is 1.91. The van der Waals surface area contributed by atoms with Crippen LogP contribution in [-0.4, -0.2) is 33.9 Å². The molecule has 4 rings (SSSR count). The molecule has 0 saturated carbocycles. The molecule has 1 atom stereocenters. The Hall–Kier alpha value is -4.57. The molecule has 0 radical (unpaired) electrons. The van der Waals surface area contributed by atoms with Crippen LogP contribution in [0.4, 0.5) is 8.78 Å². The van der Waals surface area contributed by atoms with Gasteiger partial charge in [0.2, 0.25) is 0 Å². The molecule has 1 aromatic heterocycles. The number of hydrogen-bond acceptors (Lipinski definition) is 5. The van der Waals surface area contributed by atoms with E-state index < -0.39 is 34.9 Å². The standard InChI is InChI=1S/C32H33F2N3O5/c1-20-10-7-14-25(33)24(20)18-36-21(2)29(23-13-8-15-27(42-3)30(23)34)31(40)37(32(36)41)19-26(22-11-5-4-6-12-22)35-17-9-16-28(38)39/h4-8,10-15,26,35H,9,16-19H2,1-3H3,(H,38,39)/t26-/m1/s1. The third-order valence-electron chi connectivity index (χ3n) is 7.33. The van der Waals surface area contributed by atoms with Crippen LogP contribution in [0.3, 0.4) is 0 Å². The number of carboxylic acid groups (broad SMARTS) is 1. The summed E-state index contributed by atoms with van der Waals surface area (Å²) in [6, 6.07) is 17.6. The van der Waals surface area contributed by atoms with E-state index in [2.05, 4.69) is 5.32 Å². The molecule has 42 heavy (non-hydrogen) atoms. The lowest BCUT2D eigenvalue weighted by Gasteiger charge is -2.23. The predicted molar refractivity (Wildman–Crippen MR) is 156 cm³/mol. The molecule has 0 aliphatic carbocycles. The van der Waals surface area contributed by atoms with Gasteiger partial charge in [0.1, 0.15) is 5.82 Å². The third kappa shape index (κ3) is 6.49. The Bertz CT molecular complexity index is 1680. The molecule has 0 aliphatic heterocycles. The van der Waals surface area contributed by atoms with Gasteiger partial charge >= 0.3 is 11.7 Å². The number of carbonyl (C=O) groups is 1. The molecular weight excluding hydrogens is 544 g/mol. The molecule has 0 spiro atoms. The molecule has 0 saturated heterocycles. The number of ether oxygens (including phenoxy) is 1. The highest BCUT2D eigenvalue weighted by Gasteiger charge is 2.24. The van der Waals surface area contributed by atoms with Gasteiger partial charge in [-0.25, -0.2) is 13.6 Å². The molecule has 0 aliphatic rings. The quantitative estimate of drug-likeness (QED) is 0.234. The second-order valence-electron chi connectivity index (χ2n) is 10.0. The SMILES string of the molecule is COc1cccc(-c2c(C)n(Cc3c(C)cccc3F)c(=O)n(C[C@@H](NCCCC(=O)O)c3ccccc3)c2=O)c1F. The summed E-state index contributed by atoms with van der Waals surface area (Å²) in [5.74, 6) is -2.26. The van der Waals surface area contributed by atoms with Crippen LogP contribution in [0.25, 0.3) is 11.1 Å². The summed E-state index contributed by atoms with van der Waals surface area (Å²) >= 11 is 0. The number of nitrogens with one attached hydrogen (secondary N) is 1. The molecule has 0 amide bonds. The maximum Gasteiger partial charge on any atom is 0.331 e. The van der Waals surface area contributed by atoms with Crippen molar-refractivity contribution in [3.8, 4) is 16.9 Å². The smallest absolute Gasteiger partial charge is 0.331 e. The van der Waals surface area contributed by atoms with E-state index in [0.717, 1.165) is 10.1 Å². The topological polar surface area (TPSA) is 103 Å². The number of carboxylic acids is 1. The lowest BCUT2D eigenvalue weighted by Crippen LogP contribution is -2.45. The van der Waals surface area contributed by atoms with Gasteiger partial charge in [0.25, 0.3) is 5.56 Å². The zero-order chi connectivity index (χ0) is 30.4. The van der Waals surface area contributed by atoms with Crippen LogP contribution < -0.4 is 21.3 Å². The highest BCUT2D eigenvalue weighted by atomic mass is 19.1. The first-order valence-electron chi connectivity index (χ1n) is 13.5. The molecule has 0 bridgehead atoms. The number of rotatable bonds is 12. The molecule has 0 unspecified atom stereocenters. The first-order valence-corrected chi connectivity index (χ1v) is 13.5. The van der Waals surface area contributed by atoms with E-state index in [1.807, 2.05) is 30.3 Å². The van der Waals surface area contributed by atoms with Crippen molar-refractivity contribution in [2.45, 2.75) is 45.8 Å². The van der Waals surface area contributed by atoms with E-state index >= 15 is 4.39 Å². The van der Waals surface area contributed by atoms with Crippen molar-refractivity contribution in [2.75, 3.05) is 13.7 Å². The van der Waals surface area contributed by atoms with E-state index in [9.17, 15) is 18.8 Å². The van der Waals surface area contributed by atoms with Gasteiger partial charge in [-0.2, -0.15) is 0 Å². The fraction of sp³-hybridized carbons (Fsp3) is 0.281. The average Bonchev–Trinajstić information content (AvgIpc) is 2.97. The highest BCUT2D eigenvalue weighted by molar-refractivity contribution is 5.67. The minimum Gasteiger partial charge on any atom is -0.494 e. The number of nitrogens with zero attached hydrogens (tertiary/aromatic N) is 2. The van der Waals surface area contributed by atoms with Crippen LogP contribution in [0.15, 0.2) is 76.3 Å². The Morgan fingerprint density at radius 2 is 1.69 bits per heavy atom. The van der Waals surface area contributed by atoms with Crippen LogP contribution in [0.2, 0.25) is 0 Å². The zero-order valence-corrected chi connectivity index (χ0v) is 23.7. The lowest BCUT2D eigenvalue weighted by molar-refractivity contribution is -0.137. The summed E-state index contributed by atoms with van der Waals surface area (Å²) in [6.07, 6.45) is 0.283. The minimum atomic E-state index is -0.931. The largest absolute Gasteiger partial charge is 0.494 e. The van der Waals surface area contributed by atoms with Crippen LogP contribution in [0.1, 0.15) is 41.3 Å². The Morgan fingerprint density at radius 3 is 2.36 bits per heavy atom. The average molecular weight is 578 g/mol. The van der Waals surface area contributed by atoms with Crippen molar-refractivity contribution in [3.63, 3.8) is 0 Å². The Labute approximate surface area is 241 Å². The first kappa shape index (κ1) is 30.4. The molecular formula is C32H33F2N3O5. The lowest BCUT2D eigenvalue weighted by atomic mass is 10.0. The minimum absolute atomic E-state index is 0.0438. The van der Waals surface area contributed by atoms with Crippen LogP contribution >= 0.6 is 0 Å². The summed E-state index contributed by atoms with van der Waals surface area (Å²) < 4.78 is 37.9. The molecule has 2 N–H and O–H groups in total. The number of hydrogen-bond donors (Lipinski definition) is 2. The van der Waals surface area contributed by atoms with Crippen LogP contribution in [-0.2, 0) is 17.9 Å². The number of benzene rings is 3. The van der Waals surface area contributed by atoms with Crippen molar-refractivity contribution in [1.29, 1.82) is 0 Å².